The summed E-state index contributed by atoms with van der Waals surface area (Å²) in [5, 5.41) is 3.06. The molecule has 1 rings (SSSR count). The summed E-state index contributed by atoms with van der Waals surface area (Å²) in [6.07, 6.45) is 2.06. The van der Waals surface area contributed by atoms with Gasteiger partial charge in [-0.1, -0.05) is 38.1 Å². The molecule has 0 aliphatic carbocycles. The highest BCUT2D eigenvalue weighted by atomic mass is 16.5. The average molecular weight is 249 g/mol. The number of nitrogens with one attached hydrogen (secondary N) is 1. The second kappa shape index (κ2) is 7.88. The molecule has 0 fully saturated rings. The van der Waals surface area contributed by atoms with Gasteiger partial charge in [0.25, 0.3) is 0 Å². The zero-order valence-electron chi connectivity index (χ0n) is 11.5. The number of rotatable bonds is 7. The van der Waals surface area contributed by atoms with Gasteiger partial charge in [-0.05, 0) is 36.4 Å². The van der Waals surface area contributed by atoms with Crippen LogP contribution in [0, 0.1) is 5.92 Å². The van der Waals surface area contributed by atoms with E-state index < -0.39 is 0 Å². The third kappa shape index (κ3) is 5.82. The van der Waals surface area contributed by atoms with E-state index in [-0.39, 0.29) is 12.5 Å². The van der Waals surface area contributed by atoms with E-state index >= 15 is 0 Å². The normalized spacial score (nSPS) is 10.7. The summed E-state index contributed by atoms with van der Waals surface area (Å²) in [4.78, 5) is 10.9. The molecule has 0 aromatic heterocycles. The van der Waals surface area contributed by atoms with Crippen LogP contribution in [0.2, 0.25) is 0 Å². The summed E-state index contributed by atoms with van der Waals surface area (Å²) in [7, 11) is 1.40. The molecule has 0 aliphatic heterocycles. The molecule has 18 heavy (non-hydrogen) atoms. The van der Waals surface area contributed by atoms with E-state index in [0.29, 0.717) is 5.92 Å². The van der Waals surface area contributed by atoms with Crippen LogP contribution in [-0.2, 0) is 22.4 Å². The van der Waals surface area contributed by atoms with Crippen molar-refractivity contribution in [1.82, 2.24) is 5.32 Å². The first-order valence-electron chi connectivity index (χ1n) is 6.47. The van der Waals surface area contributed by atoms with Crippen LogP contribution in [0.15, 0.2) is 24.3 Å². The number of esters is 1. The maximum Gasteiger partial charge on any atom is 0.319 e. The van der Waals surface area contributed by atoms with Gasteiger partial charge in [0.05, 0.1) is 13.7 Å². The predicted octanol–water partition coefficient (Wildman–Crippen LogP) is 2.19. The van der Waals surface area contributed by atoms with E-state index in [4.69, 9.17) is 0 Å². The van der Waals surface area contributed by atoms with Crippen molar-refractivity contribution in [2.75, 3.05) is 20.2 Å². The Morgan fingerprint density at radius 1 is 1.22 bits per heavy atom. The van der Waals surface area contributed by atoms with Crippen LogP contribution in [0.5, 0.6) is 0 Å². The molecule has 0 atom stereocenters. The standard InChI is InChI=1S/C15H23NO2/c1-12(2)10-14-6-4-13(5-7-14)8-9-16-11-15(17)18-3/h4-7,12,16H,8-11H2,1-3H3. The highest BCUT2D eigenvalue weighted by Crippen LogP contribution is 2.09. The Morgan fingerprint density at radius 2 is 1.83 bits per heavy atom. The number of carbonyl (C=O) groups is 1. The number of carbonyl (C=O) groups excluding carboxylic acids is 1. The topological polar surface area (TPSA) is 38.3 Å². The lowest BCUT2D eigenvalue weighted by molar-refractivity contribution is -0.139. The molecular weight excluding hydrogens is 226 g/mol. The Bertz CT molecular complexity index is 357. The minimum atomic E-state index is -0.220. The molecule has 3 heteroatoms. The molecule has 0 amide bonds. The highest BCUT2D eigenvalue weighted by molar-refractivity contribution is 5.71. The van der Waals surface area contributed by atoms with E-state index in [1.807, 2.05) is 0 Å². The first kappa shape index (κ1) is 14.7. The highest BCUT2D eigenvalue weighted by Gasteiger charge is 2.00. The van der Waals surface area contributed by atoms with Crippen molar-refractivity contribution in [1.29, 1.82) is 0 Å². The Hall–Kier alpha value is -1.35. The fourth-order valence-corrected chi connectivity index (χ4v) is 1.81. The molecule has 1 aromatic rings. The van der Waals surface area contributed by atoms with Gasteiger partial charge in [-0.2, -0.15) is 0 Å². The lowest BCUT2D eigenvalue weighted by atomic mass is 10.0. The third-order valence-electron chi connectivity index (χ3n) is 2.75. The lowest BCUT2D eigenvalue weighted by Crippen LogP contribution is -2.25. The van der Waals surface area contributed by atoms with E-state index in [1.165, 1.54) is 18.2 Å². The molecule has 0 saturated carbocycles. The summed E-state index contributed by atoms with van der Waals surface area (Å²) < 4.78 is 4.55. The molecule has 0 aliphatic rings. The number of benzene rings is 1. The van der Waals surface area contributed by atoms with Crippen LogP contribution in [0.4, 0.5) is 0 Å². The Morgan fingerprint density at radius 3 is 2.39 bits per heavy atom. The smallest absolute Gasteiger partial charge is 0.319 e. The SMILES string of the molecule is COC(=O)CNCCc1ccc(CC(C)C)cc1. The van der Waals surface area contributed by atoms with Crippen LogP contribution in [0.1, 0.15) is 25.0 Å². The van der Waals surface area contributed by atoms with Gasteiger partial charge in [0.15, 0.2) is 0 Å². The summed E-state index contributed by atoms with van der Waals surface area (Å²) in [6.45, 7) is 5.52. The minimum absolute atomic E-state index is 0.220. The van der Waals surface area contributed by atoms with Crippen molar-refractivity contribution < 1.29 is 9.53 Å². The fourth-order valence-electron chi connectivity index (χ4n) is 1.81. The van der Waals surface area contributed by atoms with Crippen LogP contribution < -0.4 is 5.32 Å². The van der Waals surface area contributed by atoms with Gasteiger partial charge in [0.2, 0.25) is 0 Å². The van der Waals surface area contributed by atoms with Gasteiger partial charge in [0.1, 0.15) is 0 Å². The Labute approximate surface area is 110 Å². The zero-order chi connectivity index (χ0) is 13.4. The monoisotopic (exact) mass is 249 g/mol. The molecule has 0 spiro atoms. The number of ether oxygens (including phenoxy) is 1. The fraction of sp³-hybridized carbons (Fsp3) is 0.533. The van der Waals surface area contributed by atoms with E-state index in [2.05, 4.69) is 48.2 Å². The maximum atomic E-state index is 10.9. The average Bonchev–Trinajstić information content (AvgIpc) is 2.35. The molecule has 0 unspecified atom stereocenters. The third-order valence-corrected chi connectivity index (χ3v) is 2.75. The summed E-state index contributed by atoms with van der Waals surface area (Å²) in [5.41, 5.74) is 2.68. The minimum Gasteiger partial charge on any atom is -0.468 e. The second-order valence-corrected chi connectivity index (χ2v) is 4.92. The van der Waals surface area contributed by atoms with Crippen molar-refractivity contribution in [3.05, 3.63) is 35.4 Å². The summed E-state index contributed by atoms with van der Waals surface area (Å²) >= 11 is 0. The van der Waals surface area contributed by atoms with Crippen molar-refractivity contribution in [2.45, 2.75) is 26.7 Å². The van der Waals surface area contributed by atoms with Crippen LogP contribution >= 0.6 is 0 Å². The van der Waals surface area contributed by atoms with Crippen molar-refractivity contribution in [2.24, 2.45) is 5.92 Å². The summed E-state index contributed by atoms with van der Waals surface area (Å²) in [5.74, 6) is 0.472. The van der Waals surface area contributed by atoms with Gasteiger partial charge >= 0.3 is 5.97 Å². The van der Waals surface area contributed by atoms with Gasteiger partial charge in [-0.25, -0.2) is 0 Å². The molecule has 100 valence electrons. The van der Waals surface area contributed by atoms with E-state index in [1.54, 1.807) is 0 Å². The molecule has 3 nitrogen and oxygen atoms in total. The van der Waals surface area contributed by atoms with E-state index in [9.17, 15) is 4.79 Å². The zero-order valence-corrected chi connectivity index (χ0v) is 11.5. The first-order valence-corrected chi connectivity index (χ1v) is 6.47. The molecule has 0 heterocycles. The molecule has 1 aromatic carbocycles. The van der Waals surface area contributed by atoms with E-state index in [0.717, 1.165) is 19.4 Å². The molecular formula is C15H23NO2. The Kier molecular flexibility index (Phi) is 6.44. The van der Waals surface area contributed by atoms with Crippen LogP contribution in [0.3, 0.4) is 0 Å². The van der Waals surface area contributed by atoms with Crippen molar-refractivity contribution in [3.8, 4) is 0 Å². The van der Waals surface area contributed by atoms with Crippen LogP contribution in [-0.4, -0.2) is 26.2 Å². The maximum absolute atomic E-state index is 10.9. The predicted molar refractivity (Wildman–Crippen MR) is 73.6 cm³/mol. The van der Waals surface area contributed by atoms with Gasteiger partial charge in [-0.3, -0.25) is 4.79 Å². The molecule has 0 saturated heterocycles. The lowest BCUT2D eigenvalue weighted by Gasteiger charge is -2.07. The molecule has 0 radical (unpaired) electrons. The summed E-state index contributed by atoms with van der Waals surface area (Å²) in [6, 6.07) is 8.71. The number of methoxy groups -OCH3 is 1. The quantitative estimate of drug-likeness (QED) is 0.594. The van der Waals surface area contributed by atoms with Gasteiger partial charge in [-0.15, -0.1) is 0 Å². The second-order valence-electron chi connectivity index (χ2n) is 4.92. The number of hydrogen-bond acceptors (Lipinski definition) is 3. The molecule has 1 N–H and O–H groups in total. The molecule has 0 bridgehead atoms. The Balaban J connectivity index is 2.28. The first-order chi connectivity index (χ1) is 8.61. The van der Waals surface area contributed by atoms with Gasteiger partial charge < -0.3 is 10.1 Å². The van der Waals surface area contributed by atoms with Gasteiger partial charge in [0, 0.05) is 0 Å². The van der Waals surface area contributed by atoms with Crippen molar-refractivity contribution in [3.63, 3.8) is 0 Å². The van der Waals surface area contributed by atoms with Crippen molar-refractivity contribution >= 4 is 5.97 Å². The van der Waals surface area contributed by atoms with Crippen LogP contribution in [0.25, 0.3) is 0 Å². The number of hydrogen-bond donors (Lipinski definition) is 1. The largest absolute Gasteiger partial charge is 0.468 e.